The molecule has 2 aromatic rings. The number of hydrogen-bond donors (Lipinski definition) is 0. The van der Waals surface area contributed by atoms with Crippen LogP contribution >= 0.6 is 0 Å². The molecule has 0 spiro atoms. The molecule has 0 saturated carbocycles. The monoisotopic (exact) mass is 264 g/mol. The fourth-order valence-electron chi connectivity index (χ4n) is 3.01. The normalized spacial score (nSPS) is 10.2. The molecule has 0 radical (unpaired) electrons. The van der Waals surface area contributed by atoms with E-state index in [0.717, 1.165) is 33.4 Å². The lowest BCUT2D eigenvalue weighted by Gasteiger charge is -2.16. The predicted molar refractivity (Wildman–Crippen MR) is 84.8 cm³/mol. The molecule has 2 aromatic carbocycles. The number of rotatable bonds is 2. The summed E-state index contributed by atoms with van der Waals surface area (Å²) in [6.45, 7) is 10.3. The summed E-state index contributed by atoms with van der Waals surface area (Å²) >= 11 is 0. The summed E-state index contributed by atoms with van der Waals surface area (Å²) in [6.07, 6.45) is 0. The van der Waals surface area contributed by atoms with Gasteiger partial charge in [0.05, 0.1) is 5.57 Å². The van der Waals surface area contributed by atoms with Gasteiger partial charge in [-0.2, -0.15) is 0 Å². The zero-order valence-electron chi connectivity index (χ0n) is 12.8. The van der Waals surface area contributed by atoms with Gasteiger partial charge in [-0.05, 0) is 68.0 Å². The molecule has 0 amide bonds. The fourth-order valence-corrected chi connectivity index (χ4v) is 3.01. The molecule has 0 saturated heterocycles. The van der Waals surface area contributed by atoms with E-state index in [1.165, 1.54) is 5.56 Å². The van der Waals surface area contributed by atoms with Crippen LogP contribution in [0.2, 0.25) is 0 Å². The Morgan fingerprint density at radius 3 is 1.70 bits per heavy atom. The molecule has 0 aliphatic heterocycles. The molecule has 0 heterocycles. The zero-order valence-corrected chi connectivity index (χ0v) is 12.8. The summed E-state index contributed by atoms with van der Waals surface area (Å²) in [4.78, 5) is 11.6. The molecule has 2 rings (SSSR count). The SMILES string of the molecule is Cc1cc(C)c(C(=C=O)c2c(C)cccc2C)c(C)c1. The van der Waals surface area contributed by atoms with Gasteiger partial charge in [0.1, 0.15) is 5.94 Å². The lowest BCUT2D eigenvalue weighted by molar-refractivity contribution is 0.569. The van der Waals surface area contributed by atoms with Crippen LogP contribution in [0.4, 0.5) is 0 Å². The van der Waals surface area contributed by atoms with Gasteiger partial charge in [-0.3, -0.25) is 0 Å². The second-order valence-electron chi connectivity index (χ2n) is 5.52. The highest BCUT2D eigenvalue weighted by Crippen LogP contribution is 2.31. The third-order valence-electron chi connectivity index (χ3n) is 3.76. The maximum Gasteiger partial charge on any atom is 0.133 e. The maximum absolute atomic E-state index is 11.6. The van der Waals surface area contributed by atoms with E-state index in [9.17, 15) is 4.79 Å². The van der Waals surface area contributed by atoms with Gasteiger partial charge in [-0.25, -0.2) is 4.79 Å². The molecule has 0 bridgehead atoms. The van der Waals surface area contributed by atoms with Gasteiger partial charge in [-0.15, -0.1) is 0 Å². The van der Waals surface area contributed by atoms with E-state index >= 15 is 0 Å². The van der Waals surface area contributed by atoms with Crippen LogP contribution < -0.4 is 0 Å². The molecular formula is C19H20O. The van der Waals surface area contributed by atoms with Gasteiger partial charge in [-0.1, -0.05) is 35.9 Å². The summed E-state index contributed by atoms with van der Waals surface area (Å²) in [6, 6.07) is 10.3. The highest BCUT2D eigenvalue weighted by atomic mass is 16.1. The average Bonchev–Trinajstić information content (AvgIpc) is 2.35. The first-order chi connectivity index (χ1) is 9.45. The number of carbonyl (C=O) groups excluding carboxylic acids is 1. The van der Waals surface area contributed by atoms with Crippen molar-refractivity contribution in [1.82, 2.24) is 0 Å². The van der Waals surface area contributed by atoms with Crippen molar-refractivity contribution in [2.45, 2.75) is 34.6 Å². The first-order valence-corrected chi connectivity index (χ1v) is 6.85. The largest absolute Gasteiger partial charge is 0.233 e. The predicted octanol–water partition coefficient (Wildman–Crippen LogP) is 4.49. The van der Waals surface area contributed by atoms with Gasteiger partial charge in [0.25, 0.3) is 0 Å². The van der Waals surface area contributed by atoms with Crippen LogP contribution in [0.25, 0.3) is 5.57 Å². The van der Waals surface area contributed by atoms with E-state index in [2.05, 4.69) is 38.8 Å². The van der Waals surface area contributed by atoms with Crippen molar-refractivity contribution < 1.29 is 4.79 Å². The summed E-state index contributed by atoms with van der Waals surface area (Å²) in [5.41, 5.74) is 8.41. The van der Waals surface area contributed by atoms with Crippen molar-refractivity contribution in [1.29, 1.82) is 0 Å². The third-order valence-corrected chi connectivity index (χ3v) is 3.76. The van der Waals surface area contributed by atoms with Crippen LogP contribution in [-0.4, -0.2) is 5.94 Å². The first kappa shape index (κ1) is 14.3. The first-order valence-electron chi connectivity index (χ1n) is 6.85. The van der Waals surface area contributed by atoms with E-state index in [0.29, 0.717) is 5.57 Å². The Morgan fingerprint density at radius 1 is 0.800 bits per heavy atom. The Hall–Kier alpha value is -2.11. The smallest absolute Gasteiger partial charge is 0.133 e. The van der Waals surface area contributed by atoms with Gasteiger partial charge in [0.2, 0.25) is 0 Å². The van der Waals surface area contributed by atoms with Crippen molar-refractivity contribution in [3.8, 4) is 0 Å². The van der Waals surface area contributed by atoms with Crippen LogP contribution in [0, 0.1) is 34.6 Å². The molecule has 0 aliphatic carbocycles. The zero-order chi connectivity index (χ0) is 14.9. The molecule has 102 valence electrons. The van der Waals surface area contributed by atoms with Crippen molar-refractivity contribution >= 4 is 11.5 Å². The van der Waals surface area contributed by atoms with Crippen LogP contribution in [0.3, 0.4) is 0 Å². The Kier molecular flexibility index (Phi) is 3.92. The quantitative estimate of drug-likeness (QED) is 0.730. The van der Waals surface area contributed by atoms with Crippen molar-refractivity contribution in [3.05, 3.63) is 69.3 Å². The third kappa shape index (κ3) is 2.45. The minimum Gasteiger partial charge on any atom is -0.233 e. The molecule has 20 heavy (non-hydrogen) atoms. The summed E-state index contributed by atoms with van der Waals surface area (Å²) in [7, 11) is 0. The second kappa shape index (κ2) is 5.48. The fraction of sp³-hybridized carbons (Fsp3) is 0.263. The van der Waals surface area contributed by atoms with Crippen molar-refractivity contribution in [2.24, 2.45) is 0 Å². The van der Waals surface area contributed by atoms with E-state index in [1.54, 1.807) is 0 Å². The molecule has 0 N–H and O–H groups in total. The van der Waals surface area contributed by atoms with E-state index in [4.69, 9.17) is 0 Å². The van der Waals surface area contributed by atoms with E-state index < -0.39 is 0 Å². The minimum atomic E-state index is 0.676. The highest BCUT2D eigenvalue weighted by Gasteiger charge is 2.16. The second-order valence-corrected chi connectivity index (χ2v) is 5.52. The Bertz CT molecular complexity index is 673. The van der Waals surface area contributed by atoms with Crippen LogP contribution in [0.1, 0.15) is 38.9 Å². The molecule has 1 heteroatoms. The number of benzene rings is 2. The molecule has 0 atom stereocenters. The van der Waals surface area contributed by atoms with Gasteiger partial charge < -0.3 is 0 Å². The van der Waals surface area contributed by atoms with Crippen molar-refractivity contribution in [2.75, 3.05) is 0 Å². The van der Waals surface area contributed by atoms with Crippen LogP contribution in [-0.2, 0) is 4.79 Å². The van der Waals surface area contributed by atoms with E-state index in [-0.39, 0.29) is 0 Å². The van der Waals surface area contributed by atoms with Crippen LogP contribution in [0.5, 0.6) is 0 Å². The van der Waals surface area contributed by atoms with Gasteiger partial charge in [0.15, 0.2) is 0 Å². The van der Waals surface area contributed by atoms with E-state index in [1.807, 2.05) is 32.0 Å². The molecule has 0 unspecified atom stereocenters. The average molecular weight is 264 g/mol. The number of hydrogen-bond acceptors (Lipinski definition) is 1. The highest BCUT2D eigenvalue weighted by molar-refractivity contribution is 6.00. The van der Waals surface area contributed by atoms with Crippen molar-refractivity contribution in [3.63, 3.8) is 0 Å². The maximum atomic E-state index is 11.6. The van der Waals surface area contributed by atoms with Gasteiger partial charge >= 0.3 is 0 Å². The molecule has 0 aromatic heterocycles. The standard InChI is InChI=1S/C19H20O/c1-12-9-15(4)19(16(5)10-12)17(11-20)18-13(2)7-6-8-14(18)3/h6-10H,1-5H3. The Balaban J connectivity index is 2.76. The summed E-state index contributed by atoms with van der Waals surface area (Å²) < 4.78 is 0. The lowest BCUT2D eigenvalue weighted by atomic mass is 9.87. The molecule has 0 fully saturated rings. The topological polar surface area (TPSA) is 17.1 Å². The molecule has 1 nitrogen and oxygen atoms in total. The Morgan fingerprint density at radius 2 is 1.25 bits per heavy atom. The van der Waals surface area contributed by atoms with Gasteiger partial charge in [0, 0.05) is 0 Å². The summed E-state index contributed by atoms with van der Waals surface area (Å²) in [5.74, 6) is 2.18. The molecular weight excluding hydrogens is 244 g/mol. The van der Waals surface area contributed by atoms with Crippen LogP contribution in [0.15, 0.2) is 30.3 Å². The Labute approximate surface area is 121 Å². The minimum absolute atomic E-state index is 0.676. The lowest BCUT2D eigenvalue weighted by Crippen LogP contribution is -2.01. The summed E-state index contributed by atoms with van der Waals surface area (Å²) in [5, 5.41) is 0. The number of aryl methyl sites for hydroxylation is 5. The molecule has 0 aliphatic rings.